The van der Waals surface area contributed by atoms with Crippen molar-refractivity contribution in [3.8, 4) is 0 Å². The van der Waals surface area contributed by atoms with Crippen LogP contribution in [0.25, 0.3) is 0 Å². The molecule has 0 unspecified atom stereocenters. The number of hydrogen-bond donors (Lipinski definition) is 1. The molecule has 7 heteroatoms. The summed E-state index contributed by atoms with van der Waals surface area (Å²) in [7, 11) is 0. The average Bonchev–Trinajstić information content (AvgIpc) is 2.27. The van der Waals surface area contributed by atoms with Crippen LogP contribution < -0.4 is 10.6 Å². The molecule has 1 aromatic heterocycles. The fourth-order valence-corrected chi connectivity index (χ4v) is 1.54. The SMILES string of the molecule is CC(C)CN(CCN)c1ccc(C(F)(F)F)nn1. The molecule has 0 spiro atoms. The van der Waals surface area contributed by atoms with Crippen molar-refractivity contribution >= 4 is 5.82 Å². The molecule has 0 aliphatic heterocycles. The van der Waals surface area contributed by atoms with Crippen LogP contribution in [0.15, 0.2) is 12.1 Å². The molecule has 102 valence electrons. The first-order valence-electron chi connectivity index (χ1n) is 5.70. The van der Waals surface area contributed by atoms with E-state index in [1.165, 1.54) is 6.07 Å². The second-order valence-corrected chi connectivity index (χ2v) is 4.40. The summed E-state index contributed by atoms with van der Waals surface area (Å²) in [6.07, 6.45) is -4.46. The Balaban J connectivity index is 2.86. The van der Waals surface area contributed by atoms with Gasteiger partial charge in [-0.3, -0.25) is 0 Å². The second kappa shape index (κ2) is 5.99. The van der Waals surface area contributed by atoms with Crippen LogP contribution in [0.3, 0.4) is 0 Å². The second-order valence-electron chi connectivity index (χ2n) is 4.40. The summed E-state index contributed by atoms with van der Waals surface area (Å²) in [5.74, 6) is 0.780. The first kappa shape index (κ1) is 14.7. The van der Waals surface area contributed by atoms with Gasteiger partial charge in [0.2, 0.25) is 0 Å². The Morgan fingerprint density at radius 3 is 2.33 bits per heavy atom. The Bertz CT molecular complexity index is 362. The van der Waals surface area contributed by atoms with Gasteiger partial charge in [0.1, 0.15) is 0 Å². The fourth-order valence-electron chi connectivity index (χ4n) is 1.54. The Labute approximate surface area is 104 Å². The van der Waals surface area contributed by atoms with Crippen LogP contribution in [0, 0.1) is 5.92 Å². The molecule has 0 aromatic carbocycles. The van der Waals surface area contributed by atoms with E-state index in [1.54, 1.807) is 0 Å². The summed E-state index contributed by atoms with van der Waals surface area (Å²) >= 11 is 0. The normalized spacial score (nSPS) is 11.9. The molecule has 1 aromatic rings. The predicted octanol–water partition coefficient (Wildman–Crippen LogP) is 1.92. The first-order valence-corrected chi connectivity index (χ1v) is 5.70. The van der Waals surface area contributed by atoms with E-state index >= 15 is 0 Å². The van der Waals surface area contributed by atoms with Crippen molar-refractivity contribution in [1.82, 2.24) is 10.2 Å². The third-order valence-corrected chi connectivity index (χ3v) is 2.25. The van der Waals surface area contributed by atoms with E-state index < -0.39 is 11.9 Å². The maximum atomic E-state index is 12.3. The van der Waals surface area contributed by atoms with Gasteiger partial charge in [0.25, 0.3) is 0 Å². The van der Waals surface area contributed by atoms with Gasteiger partial charge in [0.15, 0.2) is 11.5 Å². The Kier molecular flexibility index (Phi) is 4.89. The summed E-state index contributed by atoms with van der Waals surface area (Å²) in [6, 6.07) is 2.26. The van der Waals surface area contributed by atoms with Crippen LogP contribution >= 0.6 is 0 Å². The zero-order valence-corrected chi connectivity index (χ0v) is 10.4. The van der Waals surface area contributed by atoms with Gasteiger partial charge in [-0.15, -0.1) is 10.2 Å². The van der Waals surface area contributed by atoms with Gasteiger partial charge in [-0.2, -0.15) is 13.2 Å². The Hall–Kier alpha value is -1.37. The van der Waals surface area contributed by atoms with E-state index in [2.05, 4.69) is 10.2 Å². The number of hydrogen-bond acceptors (Lipinski definition) is 4. The van der Waals surface area contributed by atoms with E-state index in [0.29, 0.717) is 31.4 Å². The minimum atomic E-state index is -4.46. The molecule has 0 atom stereocenters. The molecular weight excluding hydrogens is 245 g/mol. The van der Waals surface area contributed by atoms with Crippen LogP contribution in [0.4, 0.5) is 19.0 Å². The third kappa shape index (κ3) is 4.14. The molecule has 2 N–H and O–H groups in total. The van der Waals surface area contributed by atoms with Crippen molar-refractivity contribution in [3.63, 3.8) is 0 Å². The molecule has 0 amide bonds. The van der Waals surface area contributed by atoms with Crippen LogP contribution in [0.5, 0.6) is 0 Å². The lowest BCUT2D eigenvalue weighted by Crippen LogP contribution is -2.33. The van der Waals surface area contributed by atoms with E-state index in [-0.39, 0.29) is 0 Å². The molecule has 0 radical (unpaired) electrons. The average molecular weight is 262 g/mol. The Morgan fingerprint density at radius 2 is 1.94 bits per heavy atom. The standard InChI is InChI=1S/C11H17F3N4/c1-8(2)7-18(6-5-15)10-4-3-9(16-17-10)11(12,13)14/h3-4,8H,5-7,15H2,1-2H3. The maximum absolute atomic E-state index is 12.3. The largest absolute Gasteiger partial charge is 0.435 e. The molecule has 0 aliphatic carbocycles. The van der Waals surface area contributed by atoms with Crippen LogP contribution in [0.2, 0.25) is 0 Å². The lowest BCUT2D eigenvalue weighted by Gasteiger charge is -2.24. The molecule has 18 heavy (non-hydrogen) atoms. The van der Waals surface area contributed by atoms with Gasteiger partial charge in [-0.1, -0.05) is 13.8 Å². The van der Waals surface area contributed by atoms with Crippen molar-refractivity contribution in [2.75, 3.05) is 24.5 Å². The zero-order chi connectivity index (χ0) is 13.8. The minimum Gasteiger partial charge on any atom is -0.354 e. The molecule has 0 saturated carbocycles. The highest BCUT2D eigenvalue weighted by Gasteiger charge is 2.33. The fraction of sp³-hybridized carbons (Fsp3) is 0.636. The van der Waals surface area contributed by atoms with Gasteiger partial charge in [-0.05, 0) is 18.1 Å². The molecule has 1 rings (SSSR count). The number of anilines is 1. The van der Waals surface area contributed by atoms with Gasteiger partial charge in [-0.25, -0.2) is 0 Å². The third-order valence-electron chi connectivity index (χ3n) is 2.25. The Morgan fingerprint density at radius 1 is 1.28 bits per heavy atom. The van der Waals surface area contributed by atoms with Gasteiger partial charge in [0.05, 0.1) is 0 Å². The maximum Gasteiger partial charge on any atom is 0.435 e. The molecule has 0 saturated heterocycles. The lowest BCUT2D eigenvalue weighted by molar-refractivity contribution is -0.141. The highest BCUT2D eigenvalue weighted by Crippen LogP contribution is 2.27. The number of rotatable bonds is 5. The number of halogens is 3. The highest BCUT2D eigenvalue weighted by atomic mass is 19.4. The van der Waals surface area contributed by atoms with E-state index in [1.807, 2.05) is 18.7 Å². The first-order chi connectivity index (χ1) is 8.34. The van der Waals surface area contributed by atoms with Crippen molar-refractivity contribution in [3.05, 3.63) is 17.8 Å². The molecular formula is C11H17F3N4. The van der Waals surface area contributed by atoms with E-state index in [0.717, 1.165) is 6.07 Å². The van der Waals surface area contributed by atoms with Gasteiger partial charge >= 0.3 is 6.18 Å². The van der Waals surface area contributed by atoms with Gasteiger partial charge in [0, 0.05) is 19.6 Å². The smallest absolute Gasteiger partial charge is 0.354 e. The van der Waals surface area contributed by atoms with Crippen molar-refractivity contribution in [1.29, 1.82) is 0 Å². The monoisotopic (exact) mass is 262 g/mol. The number of nitrogens with two attached hydrogens (primary N) is 1. The summed E-state index contributed by atoms with van der Waals surface area (Å²) in [5, 5.41) is 6.82. The zero-order valence-electron chi connectivity index (χ0n) is 10.4. The molecule has 0 aliphatic rings. The molecule has 1 heterocycles. The van der Waals surface area contributed by atoms with E-state index in [4.69, 9.17) is 5.73 Å². The van der Waals surface area contributed by atoms with Crippen LogP contribution in [-0.2, 0) is 6.18 Å². The van der Waals surface area contributed by atoms with Crippen LogP contribution in [0.1, 0.15) is 19.5 Å². The van der Waals surface area contributed by atoms with Crippen molar-refractivity contribution in [2.45, 2.75) is 20.0 Å². The highest BCUT2D eigenvalue weighted by molar-refractivity contribution is 5.37. The minimum absolute atomic E-state index is 0.362. The summed E-state index contributed by atoms with van der Waals surface area (Å²) < 4.78 is 37.0. The van der Waals surface area contributed by atoms with Crippen LogP contribution in [-0.4, -0.2) is 29.8 Å². The predicted molar refractivity (Wildman–Crippen MR) is 63.1 cm³/mol. The van der Waals surface area contributed by atoms with Crippen molar-refractivity contribution < 1.29 is 13.2 Å². The van der Waals surface area contributed by atoms with E-state index in [9.17, 15) is 13.2 Å². The summed E-state index contributed by atoms with van der Waals surface area (Å²) in [4.78, 5) is 1.83. The molecule has 0 bridgehead atoms. The number of aromatic nitrogens is 2. The number of nitrogens with zero attached hydrogens (tertiary/aromatic N) is 3. The number of alkyl halides is 3. The lowest BCUT2D eigenvalue weighted by atomic mass is 10.2. The summed E-state index contributed by atoms with van der Waals surface area (Å²) in [6.45, 7) is 5.66. The topological polar surface area (TPSA) is 55.0 Å². The van der Waals surface area contributed by atoms with Gasteiger partial charge < -0.3 is 10.6 Å². The molecule has 0 fully saturated rings. The molecule has 4 nitrogen and oxygen atoms in total. The van der Waals surface area contributed by atoms with Crippen molar-refractivity contribution in [2.24, 2.45) is 11.7 Å². The summed E-state index contributed by atoms with van der Waals surface area (Å²) in [5.41, 5.74) is 4.49. The quantitative estimate of drug-likeness (QED) is 0.880.